The Morgan fingerprint density at radius 1 is 1.05 bits per heavy atom. The zero-order valence-electron chi connectivity index (χ0n) is 12.4. The number of benzene rings is 1. The van der Waals surface area contributed by atoms with Crippen molar-refractivity contribution in [1.82, 2.24) is 24.1 Å². The zero-order valence-corrected chi connectivity index (χ0v) is 12.4. The van der Waals surface area contributed by atoms with Gasteiger partial charge in [-0.25, -0.2) is 15.0 Å². The van der Waals surface area contributed by atoms with E-state index in [0.717, 1.165) is 33.9 Å². The third kappa shape index (κ3) is 1.98. The van der Waals surface area contributed by atoms with Crippen LogP contribution in [0.5, 0.6) is 0 Å². The molecule has 0 spiro atoms. The number of hydrogen-bond donors (Lipinski definition) is 0. The first kappa shape index (κ1) is 12.8. The molecule has 0 aliphatic rings. The summed E-state index contributed by atoms with van der Waals surface area (Å²) >= 11 is 0. The molecule has 0 bridgehead atoms. The summed E-state index contributed by atoms with van der Waals surface area (Å²) in [5, 5.41) is 0. The van der Waals surface area contributed by atoms with Crippen LogP contribution in [-0.2, 0) is 7.05 Å². The molecule has 4 rings (SSSR count). The fraction of sp³-hybridized carbons (Fsp3) is 0.118. The van der Waals surface area contributed by atoms with E-state index in [1.54, 1.807) is 6.20 Å². The number of aromatic nitrogens is 5. The molecule has 3 aromatic heterocycles. The Morgan fingerprint density at radius 3 is 2.82 bits per heavy atom. The maximum Gasteiger partial charge on any atom is 0.163 e. The lowest BCUT2D eigenvalue weighted by atomic mass is 10.2. The molecule has 0 amide bonds. The molecule has 0 N–H and O–H groups in total. The van der Waals surface area contributed by atoms with Crippen molar-refractivity contribution in [2.45, 2.75) is 6.92 Å². The molecule has 108 valence electrons. The fourth-order valence-electron chi connectivity index (χ4n) is 2.63. The lowest BCUT2D eigenvalue weighted by molar-refractivity contribution is 0.945. The van der Waals surface area contributed by atoms with Gasteiger partial charge in [-0.05, 0) is 37.3 Å². The lowest BCUT2D eigenvalue weighted by Crippen LogP contribution is -1.99. The minimum absolute atomic E-state index is 0.838. The summed E-state index contributed by atoms with van der Waals surface area (Å²) in [5.41, 5.74) is 4.98. The van der Waals surface area contributed by atoms with E-state index in [-0.39, 0.29) is 0 Å². The van der Waals surface area contributed by atoms with Gasteiger partial charge in [0.05, 0.1) is 17.4 Å². The van der Waals surface area contributed by atoms with Gasteiger partial charge in [-0.1, -0.05) is 6.07 Å². The number of fused-ring (bicyclic) bond motifs is 1. The Morgan fingerprint density at radius 2 is 1.95 bits per heavy atom. The van der Waals surface area contributed by atoms with Crippen molar-refractivity contribution in [3.63, 3.8) is 0 Å². The second-order valence-electron chi connectivity index (χ2n) is 5.31. The van der Waals surface area contributed by atoms with Gasteiger partial charge in [0.1, 0.15) is 5.69 Å². The average Bonchev–Trinajstić information content (AvgIpc) is 3.14. The van der Waals surface area contributed by atoms with Gasteiger partial charge >= 0.3 is 0 Å². The SMILES string of the molecule is Cc1cccc(-c2nccn2-c2ccc3ncn(C)c3c2)n1. The molecule has 3 heterocycles. The van der Waals surface area contributed by atoms with Crippen LogP contribution in [0.2, 0.25) is 0 Å². The van der Waals surface area contributed by atoms with E-state index < -0.39 is 0 Å². The van der Waals surface area contributed by atoms with Gasteiger partial charge in [-0.15, -0.1) is 0 Å². The highest BCUT2D eigenvalue weighted by atomic mass is 15.1. The Hall–Kier alpha value is -2.95. The molecule has 4 aromatic rings. The monoisotopic (exact) mass is 289 g/mol. The summed E-state index contributed by atoms with van der Waals surface area (Å²) in [6.07, 6.45) is 5.58. The molecule has 1 aromatic carbocycles. The topological polar surface area (TPSA) is 48.5 Å². The predicted molar refractivity (Wildman–Crippen MR) is 85.8 cm³/mol. The first-order chi connectivity index (χ1) is 10.7. The van der Waals surface area contributed by atoms with E-state index >= 15 is 0 Å². The van der Waals surface area contributed by atoms with Crippen LogP contribution in [0, 0.1) is 6.92 Å². The number of hydrogen-bond acceptors (Lipinski definition) is 3. The molecule has 5 nitrogen and oxygen atoms in total. The summed E-state index contributed by atoms with van der Waals surface area (Å²) in [7, 11) is 2.00. The standard InChI is InChI=1S/C17H15N5/c1-12-4-3-5-15(20-12)17-18-8-9-22(17)13-6-7-14-16(10-13)21(2)11-19-14/h3-11H,1-2H3. The Labute approximate surface area is 127 Å². The van der Waals surface area contributed by atoms with Crippen LogP contribution in [0.4, 0.5) is 0 Å². The van der Waals surface area contributed by atoms with E-state index in [4.69, 9.17) is 0 Å². The van der Waals surface area contributed by atoms with Crippen molar-refractivity contribution in [1.29, 1.82) is 0 Å². The third-order valence-corrected chi connectivity index (χ3v) is 3.75. The summed E-state index contributed by atoms with van der Waals surface area (Å²) in [4.78, 5) is 13.4. The number of rotatable bonds is 2. The van der Waals surface area contributed by atoms with Gasteiger partial charge in [0.15, 0.2) is 5.82 Å². The highest BCUT2D eigenvalue weighted by Gasteiger charge is 2.10. The third-order valence-electron chi connectivity index (χ3n) is 3.75. The van der Waals surface area contributed by atoms with Crippen molar-refractivity contribution in [2.24, 2.45) is 7.05 Å². The second kappa shape index (κ2) is 4.80. The van der Waals surface area contributed by atoms with Crippen molar-refractivity contribution >= 4 is 11.0 Å². The van der Waals surface area contributed by atoms with Gasteiger partial charge in [0, 0.05) is 30.8 Å². The van der Waals surface area contributed by atoms with Gasteiger partial charge in [-0.2, -0.15) is 0 Å². The van der Waals surface area contributed by atoms with Crippen LogP contribution < -0.4 is 0 Å². The summed E-state index contributed by atoms with van der Waals surface area (Å²) in [6.45, 7) is 1.98. The maximum atomic E-state index is 4.57. The lowest BCUT2D eigenvalue weighted by Gasteiger charge is -2.08. The molecule has 0 atom stereocenters. The van der Waals surface area contributed by atoms with E-state index in [9.17, 15) is 0 Å². The molecule has 0 fully saturated rings. The van der Waals surface area contributed by atoms with E-state index in [1.165, 1.54) is 0 Å². The first-order valence-electron chi connectivity index (χ1n) is 7.11. The molecule has 0 radical (unpaired) electrons. The van der Waals surface area contributed by atoms with Crippen LogP contribution in [0.3, 0.4) is 0 Å². The number of aryl methyl sites for hydroxylation is 2. The minimum Gasteiger partial charge on any atom is -0.334 e. The quantitative estimate of drug-likeness (QED) is 0.569. The zero-order chi connectivity index (χ0) is 15.1. The molecule has 0 saturated heterocycles. The molecular formula is C17H15N5. The summed E-state index contributed by atoms with van der Waals surface area (Å²) < 4.78 is 4.06. The molecular weight excluding hydrogens is 274 g/mol. The van der Waals surface area contributed by atoms with Crippen molar-refractivity contribution < 1.29 is 0 Å². The van der Waals surface area contributed by atoms with Crippen LogP contribution in [0.15, 0.2) is 55.1 Å². The molecule has 0 aliphatic heterocycles. The van der Waals surface area contributed by atoms with Crippen LogP contribution in [0.1, 0.15) is 5.69 Å². The van der Waals surface area contributed by atoms with Gasteiger partial charge in [0.2, 0.25) is 0 Å². The molecule has 0 unspecified atom stereocenters. The normalized spacial score (nSPS) is 11.2. The van der Waals surface area contributed by atoms with Gasteiger partial charge in [-0.3, -0.25) is 4.57 Å². The fourth-order valence-corrected chi connectivity index (χ4v) is 2.63. The van der Waals surface area contributed by atoms with Crippen molar-refractivity contribution in [3.05, 3.63) is 60.8 Å². The highest BCUT2D eigenvalue weighted by molar-refractivity contribution is 5.78. The molecule has 5 heteroatoms. The van der Waals surface area contributed by atoms with E-state index in [0.29, 0.717) is 0 Å². The largest absolute Gasteiger partial charge is 0.334 e. The number of nitrogens with zero attached hydrogens (tertiary/aromatic N) is 5. The van der Waals surface area contributed by atoms with E-state index in [1.807, 2.05) is 59.9 Å². The molecule has 22 heavy (non-hydrogen) atoms. The van der Waals surface area contributed by atoms with E-state index in [2.05, 4.69) is 27.1 Å². The smallest absolute Gasteiger partial charge is 0.163 e. The number of imidazole rings is 2. The van der Waals surface area contributed by atoms with Gasteiger partial charge < -0.3 is 4.57 Å². The highest BCUT2D eigenvalue weighted by Crippen LogP contribution is 2.22. The first-order valence-corrected chi connectivity index (χ1v) is 7.11. The number of pyridine rings is 1. The Bertz CT molecular complexity index is 964. The molecule has 0 saturated carbocycles. The van der Waals surface area contributed by atoms with Crippen LogP contribution >= 0.6 is 0 Å². The molecule has 0 aliphatic carbocycles. The van der Waals surface area contributed by atoms with Crippen LogP contribution in [-0.4, -0.2) is 24.1 Å². The maximum absolute atomic E-state index is 4.57. The second-order valence-corrected chi connectivity index (χ2v) is 5.31. The van der Waals surface area contributed by atoms with Crippen molar-refractivity contribution in [2.75, 3.05) is 0 Å². The Kier molecular flexibility index (Phi) is 2.79. The average molecular weight is 289 g/mol. The van der Waals surface area contributed by atoms with Gasteiger partial charge in [0.25, 0.3) is 0 Å². The summed E-state index contributed by atoms with van der Waals surface area (Å²) in [6, 6.07) is 12.2. The minimum atomic E-state index is 0.838. The Balaban J connectivity index is 1.89. The predicted octanol–water partition coefficient (Wildman–Crippen LogP) is 3.13. The van der Waals surface area contributed by atoms with Crippen LogP contribution in [0.25, 0.3) is 28.2 Å². The van der Waals surface area contributed by atoms with Crippen molar-refractivity contribution in [3.8, 4) is 17.2 Å². The summed E-state index contributed by atoms with van der Waals surface area (Å²) in [5.74, 6) is 0.838.